The second-order valence-electron chi connectivity index (χ2n) is 5.43. The molecule has 1 rings (SSSR count). The highest BCUT2D eigenvalue weighted by Gasteiger charge is 2.31. The smallest absolute Gasteiger partial charge is 0.126 e. The van der Waals surface area contributed by atoms with E-state index >= 15 is 0 Å². The van der Waals surface area contributed by atoms with Gasteiger partial charge in [-0.3, -0.25) is 0 Å². The van der Waals surface area contributed by atoms with Gasteiger partial charge in [-0.1, -0.05) is 33.8 Å². The van der Waals surface area contributed by atoms with E-state index in [9.17, 15) is 4.39 Å². The van der Waals surface area contributed by atoms with Crippen LogP contribution >= 0.6 is 0 Å². The Balaban J connectivity index is 2.87. The molecule has 2 atom stereocenters. The average molecular weight is 239 g/mol. The highest BCUT2D eigenvalue weighted by Crippen LogP contribution is 2.27. The molecule has 0 saturated carbocycles. The van der Waals surface area contributed by atoms with Crippen molar-refractivity contribution in [2.24, 2.45) is 11.1 Å². The van der Waals surface area contributed by atoms with Gasteiger partial charge in [0.05, 0.1) is 0 Å². The van der Waals surface area contributed by atoms with Crippen LogP contribution in [0.1, 0.15) is 34.1 Å². The summed E-state index contributed by atoms with van der Waals surface area (Å²) in [5.41, 5.74) is 5.99. The van der Waals surface area contributed by atoms with Gasteiger partial charge in [-0.15, -0.1) is 0 Å². The van der Waals surface area contributed by atoms with Gasteiger partial charge in [0.15, 0.2) is 0 Å². The molecule has 2 nitrogen and oxygen atoms in total. The maximum absolute atomic E-state index is 13.1. The van der Waals surface area contributed by atoms with Crippen molar-refractivity contribution in [3.8, 4) is 5.75 Å². The second-order valence-corrected chi connectivity index (χ2v) is 5.43. The second kappa shape index (κ2) is 5.50. The Kier molecular flexibility index (Phi) is 4.52. The molecule has 0 spiro atoms. The number of benzene rings is 1. The first-order chi connectivity index (χ1) is 7.84. The summed E-state index contributed by atoms with van der Waals surface area (Å²) in [5, 5.41) is 0. The van der Waals surface area contributed by atoms with Gasteiger partial charge in [-0.25, -0.2) is 4.39 Å². The summed E-state index contributed by atoms with van der Waals surface area (Å²) in [6, 6.07) is 6.13. The molecule has 0 bridgehead atoms. The first kappa shape index (κ1) is 14.0. The van der Waals surface area contributed by atoms with Gasteiger partial charge in [0.25, 0.3) is 0 Å². The molecule has 0 heterocycles. The highest BCUT2D eigenvalue weighted by molar-refractivity contribution is 5.23. The Labute approximate surface area is 103 Å². The molecule has 0 fully saturated rings. The van der Waals surface area contributed by atoms with Crippen LogP contribution in [0.4, 0.5) is 4.39 Å². The van der Waals surface area contributed by atoms with Crippen molar-refractivity contribution >= 4 is 0 Å². The van der Waals surface area contributed by atoms with Crippen LogP contribution < -0.4 is 10.5 Å². The number of rotatable bonds is 4. The summed E-state index contributed by atoms with van der Waals surface area (Å²) in [4.78, 5) is 0. The quantitative estimate of drug-likeness (QED) is 0.874. The Morgan fingerprint density at radius 3 is 2.47 bits per heavy atom. The van der Waals surface area contributed by atoms with Crippen molar-refractivity contribution in [3.05, 3.63) is 30.1 Å². The molecule has 1 aromatic carbocycles. The molecule has 2 N–H and O–H groups in total. The third kappa shape index (κ3) is 4.00. The Bertz CT molecular complexity index is 359. The Morgan fingerprint density at radius 2 is 2.00 bits per heavy atom. The summed E-state index contributed by atoms with van der Waals surface area (Å²) in [6.07, 6.45) is 0.700. The summed E-state index contributed by atoms with van der Waals surface area (Å²) in [6.45, 7) is 8.25. The lowest BCUT2D eigenvalue weighted by Crippen LogP contribution is -2.47. The molecule has 96 valence electrons. The van der Waals surface area contributed by atoms with E-state index in [-0.39, 0.29) is 23.4 Å². The number of hydrogen-bond acceptors (Lipinski definition) is 2. The monoisotopic (exact) mass is 239 g/mol. The molecule has 0 radical (unpaired) electrons. The van der Waals surface area contributed by atoms with Gasteiger partial charge in [0.2, 0.25) is 0 Å². The maximum Gasteiger partial charge on any atom is 0.126 e. The zero-order valence-electron chi connectivity index (χ0n) is 11.0. The molecule has 17 heavy (non-hydrogen) atoms. The van der Waals surface area contributed by atoms with Crippen LogP contribution in [-0.4, -0.2) is 12.1 Å². The van der Waals surface area contributed by atoms with E-state index in [1.807, 2.05) is 6.92 Å². The number of nitrogens with two attached hydrogens (primary N) is 1. The molecule has 0 aromatic heterocycles. The standard InChI is InChI=1S/C14H22FNO/c1-5-12(16)13(14(2,3)4)17-11-8-6-7-10(15)9-11/h6-9,12-13H,5,16H2,1-4H3. The third-order valence-electron chi connectivity index (χ3n) is 2.77. The van der Waals surface area contributed by atoms with E-state index in [0.717, 1.165) is 6.42 Å². The molecular weight excluding hydrogens is 217 g/mol. The first-order valence-electron chi connectivity index (χ1n) is 6.02. The fourth-order valence-electron chi connectivity index (χ4n) is 1.81. The molecule has 0 aliphatic rings. The Morgan fingerprint density at radius 1 is 1.35 bits per heavy atom. The van der Waals surface area contributed by atoms with Gasteiger partial charge < -0.3 is 10.5 Å². The molecule has 0 amide bonds. The third-order valence-corrected chi connectivity index (χ3v) is 2.77. The zero-order valence-corrected chi connectivity index (χ0v) is 11.0. The minimum atomic E-state index is -0.291. The van der Waals surface area contributed by atoms with Crippen molar-refractivity contribution in [2.45, 2.75) is 46.3 Å². The highest BCUT2D eigenvalue weighted by atomic mass is 19.1. The van der Waals surface area contributed by atoms with Gasteiger partial charge in [0.1, 0.15) is 17.7 Å². The first-order valence-corrected chi connectivity index (χ1v) is 6.02. The molecule has 3 heteroatoms. The Hall–Kier alpha value is -1.09. The zero-order chi connectivity index (χ0) is 13.1. The normalized spacial score (nSPS) is 15.4. The van der Waals surface area contributed by atoms with Crippen molar-refractivity contribution in [2.75, 3.05) is 0 Å². The van der Waals surface area contributed by atoms with Crippen LogP contribution in [0.3, 0.4) is 0 Å². The largest absolute Gasteiger partial charge is 0.488 e. The topological polar surface area (TPSA) is 35.2 Å². The van der Waals surface area contributed by atoms with Gasteiger partial charge >= 0.3 is 0 Å². The fourth-order valence-corrected chi connectivity index (χ4v) is 1.81. The maximum atomic E-state index is 13.1. The van der Waals surface area contributed by atoms with Crippen LogP contribution in [-0.2, 0) is 0 Å². The van der Waals surface area contributed by atoms with E-state index < -0.39 is 0 Å². The van der Waals surface area contributed by atoms with E-state index in [1.54, 1.807) is 12.1 Å². The molecule has 0 aliphatic heterocycles. The number of hydrogen-bond donors (Lipinski definition) is 1. The van der Waals surface area contributed by atoms with E-state index in [2.05, 4.69) is 20.8 Å². The molecular formula is C14H22FNO. The van der Waals surface area contributed by atoms with Gasteiger partial charge in [-0.2, -0.15) is 0 Å². The van der Waals surface area contributed by atoms with E-state index in [0.29, 0.717) is 5.75 Å². The van der Waals surface area contributed by atoms with Gasteiger partial charge in [-0.05, 0) is 18.6 Å². The number of halogens is 1. The summed E-state index contributed by atoms with van der Waals surface area (Å²) < 4.78 is 18.9. The van der Waals surface area contributed by atoms with Crippen LogP contribution in [0.5, 0.6) is 5.75 Å². The van der Waals surface area contributed by atoms with Gasteiger partial charge in [0, 0.05) is 17.5 Å². The van der Waals surface area contributed by atoms with Crippen LogP contribution in [0, 0.1) is 11.2 Å². The predicted octanol–water partition coefficient (Wildman–Crippen LogP) is 3.36. The van der Waals surface area contributed by atoms with Crippen molar-refractivity contribution in [3.63, 3.8) is 0 Å². The lowest BCUT2D eigenvalue weighted by atomic mass is 9.84. The molecule has 2 unspecified atom stereocenters. The van der Waals surface area contributed by atoms with E-state index in [4.69, 9.17) is 10.5 Å². The van der Waals surface area contributed by atoms with E-state index in [1.165, 1.54) is 12.1 Å². The summed E-state index contributed by atoms with van der Waals surface area (Å²) >= 11 is 0. The number of ether oxygens (including phenoxy) is 1. The minimum absolute atomic E-state index is 0.0572. The lowest BCUT2D eigenvalue weighted by molar-refractivity contribution is 0.0619. The van der Waals surface area contributed by atoms with Crippen LogP contribution in [0.25, 0.3) is 0 Å². The molecule has 1 aromatic rings. The van der Waals surface area contributed by atoms with Crippen molar-refractivity contribution in [1.82, 2.24) is 0 Å². The minimum Gasteiger partial charge on any atom is -0.488 e. The van der Waals surface area contributed by atoms with Crippen LogP contribution in [0.2, 0.25) is 0 Å². The van der Waals surface area contributed by atoms with Crippen LogP contribution in [0.15, 0.2) is 24.3 Å². The SMILES string of the molecule is CCC(N)C(Oc1cccc(F)c1)C(C)(C)C. The molecule has 0 saturated heterocycles. The summed E-state index contributed by atoms with van der Waals surface area (Å²) in [7, 11) is 0. The molecule has 0 aliphatic carbocycles. The average Bonchev–Trinajstić information content (AvgIpc) is 2.23. The fraction of sp³-hybridized carbons (Fsp3) is 0.571. The lowest BCUT2D eigenvalue weighted by Gasteiger charge is -2.35. The van der Waals surface area contributed by atoms with Crippen molar-refractivity contribution in [1.29, 1.82) is 0 Å². The van der Waals surface area contributed by atoms with Crippen molar-refractivity contribution < 1.29 is 9.13 Å². The summed E-state index contributed by atoms with van der Waals surface area (Å²) in [5.74, 6) is 0.244. The predicted molar refractivity (Wildman–Crippen MR) is 68.5 cm³/mol.